The van der Waals surface area contributed by atoms with Gasteiger partial charge in [0.1, 0.15) is 29.2 Å². The SMILES string of the molecule is CCOc1cc2c(cc1/C=C(\C#N)C(=O)Nc1cccc(Cl)c1Cl)O[C@H](C)C2. The number of fused-ring (bicyclic) bond motifs is 1. The average molecular weight is 417 g/mol. The van der Waals surface area contributed by atoms with E-state index in [1.54, 1.807) is 24.3 Å². The minimum absolute atomic E-state index is 0.0763. The molecule has 1 aliphatic heterocycles. The Morgan fingerprint density at radius 3 is 2.93 bits per heavy atom. The maximum absolute atomic E-state index is 12.6. The third-order valence-electron chi connectivity index (χ3n) is 4.19. The lowest BCUT2D eigenvalue weighted by Gasteiger charge is -2.11. The molecule has 3 rings (SSSR count). The molecule has 0 saturated heterocycles. The number of nitrogens with zero attached hydrogens (tertiary/aromatic N) is 1. The van der Waals surface area contributed by atoms with E-state index in [0.717, 1.165) is 17.7 Å². The maximum Gasteiger partial charge on any atom is 0.266 e. The molecule has 0 aliphatic carbocycles. The lowest BCUT2D eigenvalue weighted by Crippen LogP contribution is -2.14. The monoisotopic (exact) mass is 416 g/mol. The van der Waals surface area contributed by atoms with Crippen molar-refractivity contribution >= 4 is 40.9 Å². The summed E-state index contributed by atoms with van der Waals surface area (Å²) in [6.45, 7) is 4.32. The third kappa shape index (κ3) is 4.24. The van der Waals surface area contributed by atoms with Gasteiger partial charge in [-0.05, 0) is 44.2 Å². The highest BCUT2D eigenvalue weighted by Gasteiger charge is 2.22. The quantitative estimate of drug-likeness (QED) is 0.532. The molecule has 0 fully saturated rings. The molecule has 0 bridgehead atoms. The van der Waals surface area contributed by atoms with Gasteiger partial charge in [0.2, 0.25) is 0 Å². The first kappa shape index (κ1) is 20.1. The highest BCUT2D eigenvalue weighted by molar-refractivity contribution is 6.44. The maximum atomic E-state index is 12.6. The van der Waals surface area contributed by atoms with Crippen LogP contribution in [0.25, 0.3) is 6.08 Å². The molecule has 2 aromatic carbocycles. The number of nitriles is 1. The fraction of sp³-hybridized carbons (Fsp3) is 0.238. The number of carbonyl (C=O) groups is 1. The van der Waals surface area contributed by atoms with Crippen LogP contribution < -0.4 is 14.8 Å². The van der Waals surface area contributed by atoms with Gasteiger partial charge < -0.3 is 14.8 Å². The van der Waals surface area contributed by atoms with Gasteiger partial charge in [-0.3, -0.25) is 4.79 Å². The minimum atomic E-state index is -0.594. The van der Waals surface area contributed by atoms with Crippen molar-refractivity contribution in [2.75, 3.05) is 11.9 Å². The number of hydrogen-bond acceptors (Lipinski definition) is 4. The van der Waals surface area contributed by atoms with E-state index in [4.69, 9.17) is 32.7 Å². The molecule has 144 valence electrons. The molecule has 5 nitrogen and oxygen atoms in total. The van der Waals surface area contributed by atoms with Crippen LogP contribution in [0.1, 0.15) is 25.0 Å². The van der Waals surface area contributed by atoms with Crippen molar-refractivity contribution in [3.8, 4) is 17.6 Å². The average Bonchev–Trinajstić information content (AvgIpc) is 3.02. The second-order valence-corrected chi connectivity index (χ2v) is 7.07. The summed E-state index contributed by atoms with van der Waals surface area (Å²) in [6.07, 6.45) is 2.34. The molecule has 1 heterocycles. The number of rotatable bonds is 5. The molecule has 0 unspecified atom stereocenters. The van der Waals surface area contributed by atoms with E-state index < -0.39 is 5.91 Å². The van der Waals surface area contributed by atoms with Crippen molar-refractivity contribution in [1.29, 1.82) is 5.26 Å². The van der Waals surface area contributed by atoms with Gasteiger partial charge in [-0.25, -0.2) is 0 Å². The molecule has 7 heteroatoms. The zero-order valence-electron chi connectivity index (χ0n) is 15.4. The molecular formula is C21H18Cl2N2O3. The molecule has 1 atom stereocenters. The van der Waals surface area contributed by atoms with E-state index in [1.165, 1.54) is 6.08 Å². The van der Waals surface area contributed by atoms with Crippen molar-refractivity contribution in [3.05, 3.63) is 57.1 Å². The normalized spacial score (nSPS) is 15.4. The number of benzene rings is 2. The molecule has 0 aromatic heterocycles. The van der Waals surface area contributed by atoms with Crippen LogP contribution in [0.4, 0.5) is 5.69 Å². The number of halogens is 2. The van der Waals surface area contributed by atoms with E-state index >= 15 is 0 Å². The lowest BCUT2D eigenvalue weighted by atomic mass is 10.0. The Bertz CT molecular complexity index is 996. The smallest absolute Gasteiger partial charge is 0.266 e. The predicted molar refractivity (Wildman–Crippen MR) is 110 cm³/mol. The Morgan fingerprint density at radius 2 is 2.21 bits per heavy atom. The molecule has 0 saturated carbocycles. The molecule has 0 spiro atoms. The zero-order chi connectivity index (χ0) is 20.3. The fourth-order valence-electron chi connectivity index (χ4n) is 2.94. The van der Waals surface area contributed by atoms with E-state index in [1.807, 2.05) is 26.0 Å². The molecule has 1 aliphatic rings. The van der Waals surface area contributed by atoms with Crippen LogP contribution in [-0.2, 0) is 11.2 Å². The largest absolute Gasteiger partial charge is 0.493 e. The summed E-state index contributed by atoms with van der Waals surface area (Å²) in [5.41, 5.74) is 1.87. The highest BCUT2D eigenvalue weighted by atomic mass is 35.5. The molecule has 1 N–H and O–H groups in total. The fourth-order valence-corrected chi connectivity index (χ4v) is 3.29. The van der Waals surface area contributed by atoms with Gasteiger partial charge in [-0.1, -0.05) is 29.3 Å². The van der Waals surface area contributed by atoms with E-state index in [0.29, 0.717) is 28.6 Å². The Morgan fingerprint density at radius 1 is 1.43 bits per heavy atom. The van der Waals surface area contributed by atoms with Crippen molar-refractivity contribution in [2.45, 2.75) is 26.4 Å². The van der Waals surface area contributed by atoms with Gasteiger partial charge in [0.15, 0.2) is 0 Å². The van der Waals surface area contributed by atoms with Crippen molar-refractivity contribution < 1.29 is 14.3 Å². The van der Waals surface area contributed by atoms with Crippen LogP contribution in [0.15, 0.2) is 35.9 Å². The third-order valence-corrected chi connectivity index (χ3v) is 5.01. The van der Waals surface area contributed by atoms with Crippen molar-refractivity contribution in [2.24, 2.45) is 0 Å². The highest BCUT2D eigenvalue weighted by Crippen LogP contribution is 2.36. The zero-order valence-corrected chi connectivity index (χ0v) is 16.9. The van der Waals surface area contributed by atoms with E-state index in [2.05, 4.69) is 5.32 Å². The first-order chi connectivity index (χ1) is 13.4. The first-order valence-corrected chi connectivity index (χ1v) is 9.52. The van der Waals surface area contributed by atoms with Gasteiger partial charge >= 0.3 is 0 Å². The van der Waals surface area contributed by atoms with Crippen LogP contribution in [0, 0.1) is 11.3 Å². The number of carbonyl (C=O) groups excluding carboxylic acids is 1. The summed E-state index contributed by atoms with van der Waals surface area (Å²) in [5.74, 6) is 0.738. The summed E-state index contributed by atoms with van der Waals surface area (Å²) >= 11 is 12.1. The number of hydrogen-bond donors (Lipinski definition) is 1. The van der Waals surface area contributed by atoms with Crippen molar-refractivity contribution in [1.82, 2.24) is 0 Å². The summed E-state index contributed by atoms with van der Waals surface area (Å²) in [7, 11) is 0. The number of ether oxygens (including phenoxy) is 2. The lowest BCUT2D eigenvalue weighted by molar-refractivity contribution is -0.112. The van der Waals surface area contributed by atoms with E-state index in [-0.39, 0.29) is 16.7 Å². The Kier molecular flexibility index (Phi) is 6.13. The predicted octanol–water partition coefficient (Wildman–Crippen LogP) is 5.26. The van der Waals surface area contributed by atoms with Crippen LogP contribution in [0.2, 0.25) is 10.0 Å². The number of anilines is 1. The molecule has 1 amide bonds. The van der Waals surface area contributed by atoms with Crippen LogP contribution in [0.3, 0.4) is 0 Å². The van der Waals surface area contributed by atoms with Crippen LogP contribution in [0.5, 0.6) is 11.5 Å². The first-order valence-electron chi connectivity index (χ1n) is 8.76. The molecule has 2 aromatic rings. The number of amides is 1. The van der Waals surface area contributed by atoms with E-state index in [9.17, 15) is 10.1 Å². The second-order valence-electron chi connectivity index (χ2n) is 6.29. The molecule has 0 radical (unpaired) electrons. The summed E-state index contributed by atoms with van der Waals surface area (Å²) in [6, 6.07) is 10.5. The van der Waals surface area contributed by atoms with Crippen LogP contribution in [-0.4, -0.2) is 18.6 Å². The Hall–Kier alpha value is -2.68. The Labute approximate surface area is 173 Å². The summed E-state index contributed by atoms with van der Waals surface area (Å²) < 4.78 is 11.5. The number of nitrogens with one attached hydrogen (secondary N) is 1. The van der Waals surface area contributed by atoms with Gasteiger partial charge in [0.25, 0.3) is 5.91 Å². The van der Waals surface area contributed by atoms with Gasteiger partial charge in [0.05, 0.1) is 22.3 Å². The van der Waals surface area contributed by atoms with Crippen LogP contribution >= 0.6 is 23.2 Å². The Balaban J connectivity index is 1.94. The van der Waals surface area contributed by atoms with Gasteiger partial charge in [0, 0.05) is 17.5 Å². The summed E-state index contributed by atoms with van der Waals surface area (Å²) in [4.78, 5) is 12.6. The minimum Gasteiger partial charge on any atom is -0.493 e. The van der Waals surface area contributed by atoms with Gasteiger partial charge in [-0.15, -0.1) is 0 Å². The summed E-state index contributed by atoms with van der Waals surface area (Å²) in [5, 5.41) is 12.6. The topological polar surface area (TPSA) is 71.3 Å². The van der Waals surface area contributed by atoms with Gasteiger partial charge in [-0.2, -0.15) is 5.26 Å². The molecule has 28 heavy (non-hydrogen) atoms. The second kappa shape index (κ2) is 8.55. The van der Waals surface area contributed by atoms with Crippen molar-refractivity contribution in [3.63, 3.8) is 0 Å². The molecular weight excluding hydrogens is 399 g/mol. The standard InChI is InChI=1S/C21H18Cl2N2O3/c1-3-27-18-9-13-7-12(2)28-19(13)10-14(18)8-15(11-24)21(26)25-17-6-4-5-16(22)20(17)23/h4-6,8-10,12H,3,7H2,1-2H3,(H,25,26)/b15-8+/t12-/m1/s1.